The zero-order valence-corrected chi connectivity index (χ0v) is 19.4. The van der Waals surface area contributed by atoms with E-state index in [1.54, 1.807) is 30.3 Å². The van der Waals surface area contributed by atoms with Gasteiger partial charge >= 0.3 is 5.97 Å². The summed E-state index contributed by atoms with van der Waals surface area (Å²) in [5, 5.41) is 31.4. The second-order valence-electron chi connectivity index (χ2n) is 9.78. The molecule has 2 aromatic rings. The molecule has 2 fully saturated rings. The van der Waals surface area contributed by atoms with E-state index in [0.29, 0.717) is 37.0 Å². The van der Waals surface area contributed by atoms with Gasteiger partial charge in [-0.05, 0) is 48.9 Å². The van der Waals surface area contributed by atoms with Gasteiger partial charge in [-0.2, -0.15) is 0 Å². The number of carbonyl (C=O) groups is 1. The number of hydrogen-bond donors (Lipinski definition) is 3. The van der Waals surface area contributed by atoms with E-state index in [1.165, 1.54) is 12.1 Å². The van der Waals surface area contributed by atoms with Gasteiger partial charge in [-0.3, -0.25) is 0 Å². The molecule has 0 spiro atoms. The van der Waals surface area contributed by atoms with E-state index in [9.17, 15) is 24.5 Å². The summed E-state index contributed by atoms with van der Waals surface area (Å²) >= 11 is 6.36. The van der Waals surface area contributed by atoms with Crippen LogP contribution in [0.15, 0.2) is 48.6 Å². The molecule has 1 unspecified atom stereocenters. The lowest BCUT2D eigenvalue weighted by Gasteiger charge is -2.45. The molecular formula is C27H28ClFO5. The molecular weight excluding hydrogens is 459 g/mol. The molecule has 1 aliphatic heterocycles. The van der Waals surface area contributed by atoms with Crippen molar-refractivity contribution in [2.45, 2.75) is 62.3 Å². The zero-order chi connectivity index (χ0) is 24.0. The third-order valence-corrected chi connectivity index (χ3v) is 8.43. The van der Waals surface area contributed by atoms with Crippen LogP contribution in [-0.4, -0.2) is 39.6 Å². The molecule has 0 bridgehead atoms. The van der Waals surface area contributed by atoms with Crippen molar-refractivity contribution in [1.82, 2.24) is 0 Å². The van der Waals surface area contributed by atoms with Crippen molar-refractivity contribution in [3.63, 3.8) is 0 Å². The Kier molecular flexibility index (Phi) is 6.17. The third-order valence-electron chi connectivity index (χ3n) is 8.05. The number of halogens is 2. The van der Waals surface area contributed by atoms with Gasteiger partial charge in [0.1, 0.15) is 17.7 Å². The number of carboxylic acids is 1. The summed E-state index contributed by atoms with van der Waals surface area (Å²) in [5.74, 6) is -1.27. The fourth-order valence-electron chi connectivity index (χ4n) is 6.01. The van der Waals surface area contributed by atoms with Crippen molar-refractivity contribution in [3.8, 4) is 5.75 Å². The van der Waals surface area contributed by atoms with E-state index in [4.69, 9.17) is 16.3 Å². The summed E-state index contributed by atoms with van der Waals surface area (Å²) in [6, 6.07) is 9.86. The Morgan fingerprint density at radius 1 is 1.24 bits per heavy atom. The number of aliphatic hydroxyl groups excluding tert-OH is 2. The number of hydrogen-bond acceptors (Lipinski definition) is 4. The second-order valence-corrected chi connectivity index (χ2v) is 10.2. The lowest BCUT2D eigenvalue weighted by Crippen LogP contribution is -2.45. The molecule has 5 rings (SSSR count). The molecule has 1 heterocycles. The normalized spacial score (nSPS) is 28.4. The molecule has 0 saturated heterocycles. The van der Waals surface area contributed by atoms with Crippen molar-refractivity contribution >= 4 is 17.6 Å². The Bertz CT molecular complexity index is 1130. The van der Waals surface area contributed by atoms with E-state index in [-0.39, 0.29) is 34.3 Å². The highest BCUT2D eigenvalue weighted by molar-refractivity contribution is 6.35. The summed E-state index contributed by atoms with van der Waals surface area (Å²) in [4.78, 5) is 11.5. The Morgan fingerprint density at radius 3 is 2.68 bits per heavy atom. The lowest BCUT2D eigenvalue weighted by molar-refractivity contribution is 0.0587. The SMILES string of the molecule is O=C(O)c1ccc2c(c1Cl)O[C@H]1C[C@@H](O)[C@H](/C=C/C(O)C3(c4ccccc4F)CCC3)[C@H]1CC2. The molecule has 5 nitrogen and oxygen atoms in total. The van der Waals surface area contributed by atoms with Gasteiger partial charge in [-0.25, -0.2) is 9.18 Å². The first-order valence-corrected chi connectivity index (χ1v) is 12.2. The third kappa shape index (κ3) is 3.82. The minimum Gasteiger partial charge on any atom is -0.488 e. The van der Waals surface area contributed by atoms with E-state index in [2.05, 4.69) is 0 Å². The number of fused-ring (bicyclic) bond motifs is 2. The maximum atomic E-state index is 14.5. The fraction of sp³-hybridized carbons (Fsp3) is 0.444. The number of aryl methyl sites for hydroxylation is 1. The van der Waals surface area contributed by atoms with E-state index >= 15 is 0 Å². The lowest BCUT2D eigenvalue weighted by atomic mass is 9.61. The molecule has 0 amide bonds. The first-order chi connectivity index (χ1) is 16.3. The molecule has 2 aliphatic carbocycles. The van der Waals surface area contributed by atoms with Crippen molar-refractivity contribution in [2.75, 3.05) is 0 Å². The average molecular weight is 487 g/mol. The van der Waals surface area contributed by atoms with Gasteiger partial charge in [0, 0.05) is 23.7 Å². The minimum atomic E-state index is -1.11. The Labute approximate surface area is 202 Å². The van der Waals surface area contributed by atoms with E-state index in [0.717, 1.165) is 18.4 Å². The second kappa shape index (κ2) is 8.99. The molecule has 2 aromatic carbocycles. The van der Waals surface area contributed by atoms with Gasteiger partial charge in [-0.1, -0.05) is 54.4 Å². The van der Waals surface area contributed by atoms with E-state index < -0.39 is 23.6 Å². The molecule has 34 heavy (non-hydrogen) atoms. The number of ether oxygens (including phenoxy) is 1. The van der Waals surface area contributed by atoms with Crippen LogP contribution in [0.25, 0.3) is 0 Å². The number of aliphatic hydroxyl groups is 2. The van der Waals surface area contributed by atoms with Crippen molar-refractivity contribution in [3.05, 3.63) is 76.1 Å². The van der Waals surface area contributed by atoms with Gasteiger partial charge in [0.05, 0.1) is 22.8 Å². The first kappa shape index (κ1) is 23.3. The quantitative estimate of drug-likeness (QED) is 0.523. The number of carboxylic acid groups (broad SMARTS) is 1. The van der Waals surface area contributed by atoms with Gasteiger partial charge in [0.25, 0.3) is 0 Å². The van der Waals surface area contributed by atoms with Crippen LogP contribution < -0.4 is 4.74 Å². The van der Waals surface area contributed by atoms with Crippen LogP contribution in [0.2, 0.25) is 5.02 Å². The highest BCUT2D eigenvalue weighted by atomic mass is 35.5. The summed E-state index contributed by atoms with van der Waals surface area (Å²) in [5.41, 5.74) is 0.757. The Balaban J connectivity index is 1.37. The van der Waals surface area contributed by atoms with Crippen LogP contribution >= 0.6 is 11.6 Å². The number of rotatable bonds is 5. The number of aromatic carboxylic acids is 1. The van der Waals surface area contributed by atoms with Crippen LogP contribution in [0.5, 0.6) is 5.75 Å². The average Bonchev–Trinajstić information content (AvgIpc) is 2.94. The Morgan fingerprint density at radius 2 is 2.00 bits per heavy atom. The predicted molar refractivity (Wildman–Crippen MR) is 126 cm³/mol. The largest absolute Gasteiger partial charge is 0.488 e. The number of benzene rings is 2. The van der Waals surface area contributed by atoms with Crippen LogP contribution in [0.4, 0.5) is 4.39 Å². The first-order valence-electron chi connectivity index (χ1n) is 11.8. The summed E-state index contributed by atoms with van der Waals surface area (Å²) in [6.45, 7) is 0. The monoisotopic (exact) mass is 486 g/mol. The fourth-order valence-corrected chi connectivity index (χ4v) is 6.32. The predicted octanol–water partition coefficient (Wildman–Crippen LogP) is 4.91. The molecule has 0 aromatic heterocycles. The van der Waals surface area contributed by atoms with Gasteiger partial charge in [-0.15, -0.1) is 0 Å². The Hall–Kier alpha value is -2.41. The van der Waals surface area contributed by atoms with Crippen LogP contribution in [0.3, 0.4) is 0 Å². The molecule has 2 saturated carbocycles. The van der Waals surface area contributed by atoms with Gasteiger partial charge in [0.15, 0.2) is 0 Å². The molecule has 5 atom stereocenters. The molecule has 3 aliphatic rings. The maximum absolute atomic E-state index is 14.5. The highest BCUT2D eigenvalue weighted by Crippen LogP contribution is 2.49. The smallest absolute Gasteiger partial charge is 0.337 e. The van der Waals surface area contributed by atoms with Crippen LogP contribution in [-0.2, 0) is 11.8 Å². The van der Waals surface area contributed by atoms with Crippen LogP contribution in [0, 0.1) is 17.7 Å². The van der Waals surface area contributed by atoms with Crippen molar-refractivity contribution in [1.29, 1.82) is 0 Å². The molecule has 180 valence electrons. The zero-order valence-electron chi connectivity index (χ0n) is 18.7. The standard InChI is InChI=1S/C27H28ClFO5/c28-24-18(26(32)33)9-7-15-6-8-17-16(21(30)14-22(17)34-25(15)24)10-11-23(31)27(12-3-13-27)19-4-1-2-5-20(19)29/h1-2,4-5,7,9-11,16-17,21-23,30-31H,3,6,8,12-14H2,(H,32,33)/b11-10+/t16-,17-,21-,22+,23?/m1/s1. The highest BCUT2D eigenvalue weighted by Gasteiger charge is 2.47. The topological polar surface area (TPSA) is 87.0 Å². The molecule has 3 N–H and O–H groups in total. The summed E-state index contributed by atoms with van der Waals surface area (Å²) in [6.07, 6.45) is 5.88. The minimum absolute atomic E-state index is 0.00378. The van der Waals surface area contributed by atoms with Crippen LogP contribution in [0.1, 0.15) is 53.6 Å². The van der Waals surface area contributed by atoms with Crippen molar-refractivity contribution < 1.29 is 29.2 Å². The van der Waals surface area contributed by atoms with Crippen molar-refractivity contribution in [2.24, 2.45) is 11.8 Å². The van der Waals surface area contributed by atoms with Gasteiger partial charge in [0.2, 0.25) is 0 Å². The van der Waals surface area contributed by atoms with E-state index in [1.807, 2.05) is 6.08 Å². The maximum Gasteiger partial charge on any atom is 0.337 e. The summed E-state index contributed by atoms with van der Waals surface area (Å²) in [7, 11) is 0. The summed E-state index contributed by atoms with van der Waals surface area (Å²) < 4.78 is 20.7. The molecule has 0 radical (unpaired) electrons. The van der Waals surface area contributed by atoms with Gasteiger partial charge < -0.3 is 20.1 Å². The molecule has 7 heteroatoms.